The first kappa shape index (κ1) is 98.3. The van der Waals surface area contributed by atoms with E-state index < -0.39 is 0 Å². The Balaban J connectivity index is -0.000000217. The molecule has 8 unspecified atom stereocenters. The maximum absolute atomic E-state index is 5.30. The predicted octanol–water partition coefficient (Wildman–Crippen LogP) is 23.7. The highest BCUT2D eigenvalue weighted by molar-refractivity contribution is 5.60. The number of para-hydroxylation sites is 1. The predicted molar refractivity (Wildman–Crippen MR) is 418 cm³/mol. The maximum atomic E-state index is 5.30. The summed E-state index contributed by atoms with van der Waals surface area (Å²) in [5.74, 6) is 8.05. The topological polar surface area (TPSA) is 112 Å². The van der Waals surface area contributed by atoms with Gasteiger partial charge in [-0.2, -0.15) is 5.10 Å². The average molecular weight is 1280 g/mol. The van der Waals surface area contributed by atoms with Crippen LogP contribution in [0.15, 0.2) is 75.9 Å². The molecular formula is C81H163N9O. The van der Waals surface area contributed by atoms with Crippen LogP contribution in [0.5, 0.6) is 5.75 Å². The highest BCUT2D eigenvalue weighted by Crippen LogP contribution is 2.32. The monoisotopic (exact) mass is 1280 g/mol. The lowest BCUT2D eigenvalue weighted by molar-refractivity contribution is 0.212. The molecule has 2 saturated heterocycles. The van der Waals surface area contributed by atoms with Crippen LogP contribution in [0.1, 0.15) is 322 Å². The van der Waals surface area contributed by atoms with E-state index in [1.165, 1.54) is 121 Å². The number of piperidine rings is 2. The zero-order valence-electron chi connectivity index (χ0n) is 66.6. The molecule has 3 aromatic rings. The summed E-state index contributed by atoms with van der Waals surface area (Å²) in [5.41, 5.74) is 2.48. The molecule has 10 nitrogen and oxygen atoms in total. The third kappa shape index (κ3) is 62.1. The molecule has 12 rings (SSSR count). The van der Waals surface area contributed by atoms with Gasteiger partial charge in [0.1, 0.15) is 11.9 Å². The van der Waals surface area contributed by atoms with Crippen molar-refractivity contribution >= 4 is 24.4 Å². The van der Waals surface area contributed by atoms with Crippen LogP contribution in [0.4, 0.5) is 0 Å². The molecule has 4 N–H and O–H groups in total. The van der Waals surface area contributed by atoms with Gasteiger partial charge in [0.05, 0.1) is 42.9 Å². The maximum Gasteiger partial charge on any atom is 0.122 e. The number of aromatic nitrogens is 2. The Morgan fingerprint density at radius 1 is 0.418 bits per heavy atom. The number of hydrogen-bond donors (Lipinski definition) is 4. The van der Waals surface area contributed by atoms with Gasteiger partial charge < -0.3 is 20.7 Å². The van der Waals surface area contributed by atoms with Crippen molar-refractivity contribution in [2.45, 2.75) is 360 Å². The molecule has 6 aliphatic heterocycles. The summed E-state index contributed by atoms with van der Waals surface area (Å²) >= 11 is 0. The third-order valence-corrected chi connectivity index (χ3v) is 12.8. The quantitative estimate of drug-likeness (QED) is 0.178. The second kappa shape index (κ2) is 72.1. The van der Waals surface area contributed by atoms with Gasteiger partial charge >= 0.3 is 0 Å². The number of rotatable bonds is 0. The number of ether oxygens (including phenoxy) is 1. The van der Waals surface area contributed by atoms with E-state index in [9.17, 15) is 0 Å². The van der Waals surface area contributed by atoms with Crippen molar-refractivity contribution in [2.24, 2.45) is 62.3 Å². The molecule has 0 amide bonds. The summed E-state index contributed by atoms with van der Waals surface area (Å²) < 4.78 is 7.13. The molecule has 91 heavy (non-hydrogen) atoms. The van der Waals surface area contributed by atoms with Crippen LogP contribution in [0.2, 0.25) is 0 Å². The number of pyridine rings is 1. The third-order valence-electron chi connectivity index (χ3n) is 12.8. The first-order valence-electron chi connectivity index (χ1n) is 38.3. The van der Waals surface area contributed by atoms with Crippen molar-refractivity contribution in [3.8, 4) is 5.75 Å². The largest absolute Gasteiger partial charge is 0.493 e. The number of nitrogens with one attached hydrogen (secondary N) is 4. The number of benzene rings is 1. The summed E-state index contributed by atoms with van der Waals surface area (Å²) in [7, 11) is 0. The first-order chi connectivity index (χ1) is 43.7. The average Bonchev–Trinajstić information content (AvgIpc) is 4.57. The van der Waals surface area contributed by atoms with Crippen LogP contribution in [0.3, 0.4) is 0 Å². The zero-order chi connectivity index (χ0) is 70.8. The van der Waals surface area contributed by atoms with E-state index in [1.807, 2.05) is 149 Å². The van der Waals surface area contributed by atoms with Crippen molar-refractivity contribution in [1.29, 1.82) is 0 Å². The summed E-state index contributed by atoms with van der Waals surface area (Å²) in [6, 6.07) is 19.7. The molecule has 3 saturated carbocycles. The first-order valence-corrected chi connectivity index (χ1v) is 38.3. The van der Waals surface area contributed by atoms with Gasteiger partial charge in [-0.05, 0) is 167 Å². The van der Waals surface area contributed by atoms with Crippen LogP contribution in [-0.2, 0) is 6.42 Å². The Morgan fingerprint density at radius 3 is 1.35 bits per heavy atom. The molecule has 0 spiro atoms. The highest BCUT2D eigenvalue weighted by Gasteiger charge is 2.29. The smallest absolute Gasteiger partial charge is 0.122 e. The van der Waals surface area contributed by atoms with Gasteiger partial charge in [-0.3, -0.25) is 20.3 Å². The summed E-state index contributed by atoms with van der Waals surface area (Å²) in [4.78, 5) is 13.0. The molecular weight excluding hydrogens is 1110 g/mol. The lowest BCUT2D eigenvalue weighted by Crippen LogP contribution is -2.45. The fourth-order valence-corrected chi connectivity index (χ4v) is 9.59. The van der Waals surface area contributed by atoms with E-state index in [-0.39, 0.29) is 0 Å². The minimum atomic E-state index is 0.374. The van der Waals surface area contributed by atoms with Crippen molar-refractivity contribution in [3.05, 3.63) is 66.5 Å². The number of aliphatic imine (C=N–C) groups is 3. The lowest BCUT2D eigenvalue weighted by Gasteiger charge is -2.36. The van der Waals surface area contributed by atoms with Gasteiger partial charge in [0.2, 0.25) is 0 Å². The van der Waals surface area contributed by atoms with Gasteiger partial charge in [0, 0.05) is 30.9 Å². The van der Waals surface area contributed by atoms with Crippen LogP contribution in [0, 0.1) is 47.3 Å². The summed E-state index contributed by atoms with van der Waals surface area (Å²) in [5, 5.41) is 17.4. The minimum absolute atomic E-state index is 0.374. The fourth-order valence-electron chi connectivity index (χ4n) is 9.59. The van der Waals surface area contributed by atoms with Crippen LogP contribution >= 0.6 is 0 Å². The number of fused-ring (bicyclic) bond motifs is 6. The molecule has 0 radical (unpaired) electrons. The lowest BCUT2D eigenvalue weighted by atomic mass is 9.80. The molecule has 10 heteroatoms. The molecule has 8 heterocycles. The van der Waals surface area contributed by atoms with E-state index in [2.05, 4.69) is 178 Å². The molecule has 1 aromatic carbocycles. The standard InChI is InChI=1S/C9H17N.C8H13N.C8H8O.C7H6N2.C7H12N2.C6H11N3.6C4H10.6C2H6/c1-2-6-9-8(4-1)5-3-7-10-9;2*1-2-4-8-7(3-1)5-6-9-8;1-2-6-9-7(3-1)4-5-8-9;1-2-4-7-6(3-1)8-5-9-7;1-2-5-6(7-3-1)9-4-8-5;6*1-4(2)3;6*1-2/h8-10H,1-7H2;6-8H,1-5H2;1-4H,5-6H2;1-6H;5-7H,1-4H2,(H,8,9);4-7H,1-3H2,(H,8,9);6*4H,1-3H3;6*1-2H3. The van der Waals surface area contributed by atoms with Crippen molar-refractivity contribution in [3.63, 3.8) is 0 Å². The van der Waals surface area contributed by atoms with Crippen LogP contribution in [0.25, 0.3) is 5.52 Å². The minimum Gasteiger partial charge on any atom is -0.493 e. The van der Waals surface area contributed by atoms with E-state index in [0.29, 0.717) is 24.3 Å². The molecule has 5 fully saturated rings. The Labute approximate surface area is 571 Å². The molecule has 0 bridgehead atoms. The number of hydrogen-bond acceptors (Lipinski definition) is 9. The van der Waals surface area contributed by atoms with Crippen LogP contribution in [-0.4, -0.2) is 84.6 Å². The normalized spacial score (nSPS) is 21.7. The molecule has 9 aliphatic rings. The second-order valence-corrected chi connectivity index (χ2v) is 26.9. The van der Waals surface area contributed by atoms with Crippen molar-refractivity contribution < 1.29 is 4.74 Å². The Kier molecular flexibility index (Phi) is 77.9. The zero-order valence-corrected chi connectivity index (χ0v) is 66.6. The molecule has 3 aliphatic carbocycles. The Hall–Kier alpha value is -3.76. The van der Waals surface area contributed by atoms with Gasteiger partial charge in [0.15, 0.2) is 0 Å². The van der Waals surface area contributed by atoms with E-state index in [0.717, 1.165) is 90.3 Å². The summed E-state index contributed by atoms with van der Waals surface area (Å²) in [6.07, 6.45) is 34.7. The Morgan fingerprint density at radius 2 is 0.846 bits per heavy atom. The van der Waals surface area contributed by atoms with Crippen molar-refractivity contribution in [1.82, 2.24) is 30.9 Å². The fraction of sp³-hybridized carbons (Fsp3) is 0.802. The Bertz CT molecular complexity index is 1720. The van der Waals surface area contributed by atoms with Gasteiger partial charge in [-0.1, -0.05) is 271 Å². The molecule has 8 atom stereocenters. The van der Waals surface area contributed by atoms with E-state index in [4.69, 9.17) is 4.74 Å². The highest BCUT2D eigenvalue weighted by atomic mass is 16.5. The van der Waals surface area contributed by atoms with Gasteiger partial charge in [-0.15, -0.1) is 0 Å². The van der Waals surface area contributed by atoms with E-state index in [1.54, 1.807) is 6.20 Å². The van der Waals surface area contributed by atoms with Gasteiger partial charge in [0.25, 0.3) is 0 Å². The van der Waals surface area contributed by atoms with E-state index >= 15 is 0 Å². The van der Waals surface area contributed by atoms with Crippen LogP contribution < -0.4 is 26.0 Å². The molecule has 538 valence electrons. The molecule has 2 aromatic heterocycles. The van der Waals surface area contributed by atoms with Gasteiger partial charge in [-0.25, -0.2) is 4.52 Å². The van der Waals surface area contributed by atoms with Crippen molar-refractivity contribution in [2.75, 3.05) is 19.7 Å². The SMILES string of the molecule is C1=NC2CCCCC2C1.C1=NC2CCCCC2N1.C1=NC2NCCCC2N1.C1CCC2NCCCC2C1.CC.CC.CC.CC.CC.CC.CC(C)C.CC(C)C.CC(C)C.CC(C)C.CC(C)C.CC(C)C.c1ccc2c(c1)CCO2.c1ccn2nccc2c1. The second-order valence-electron chi connectivity index (χ2n) is 26.9. The summed E-state index contributed by atoms with van der Waals surface area (Å²) in [6.45, 7) is 66.3. The number of nitrogens with zero attached hydrogens (tertiary/aromatic N) is 5.